The summed E-state index contributed by atoms with van der Waals surface area (Å²) in [7, 11) is 1.38. The molecule has 27 heavy (non-hydrogen) atoms. The summed E-state index contributed by atoms with van der Waals surface area (Å²) >= 11 is 0. The maximum Gasteiger partial charge on any atom is 0.320 e. The number of imidazole rings is 1. The SMILES string of the molecule is CCCCOc1nc(N)c2ncn(Cc3cccc(CC(=O)OC)c3)c2n1. The number of fused-ring (bicyclic) bond motifs is 1. The summed E-state index contributed by atoms with van der Waals surface area (Å²) in [5.41, 5.74) is 9.07. The third kappa shape index (κ3) is 4.52. The largest absolute Gasteiger partial charge is 0.469 e. The van der Waals surface area contributed by atoms with E-state index in [9.17, 15) is 4.79 Å². The number of ether oxygens (including phenoxy) is 2. The molecular weight excluding hydrogens is 346 g/mol. The minimum absolute atomic E-state index is 0.236. The maximum atomic E-state index is 11.5. The number of methoxy groups -OCH3 is 1. The molecule has 0 fully saturated rings. The van der Waals surface area contributed by atoms with Crippen LogP contribution in [0, 0.1) is 0 Å². The van der Waals surface area contributed by atoms with E-state index in [1.54, 1.807) is 6.33 Å². The van der Waals surface area contributed by atoms with E-state index in [0.29, 0.717) is 30.1 Å². The Bertz CT molecular complexity index is 938. The number of nitrogens with zero attached hydrogens (tertiary/aromatic N) is 4. The molecule has 1 aromatic carbocycles. The summed E-state index contributed by atoms with van der Waals surface area (Å²) in [5.74, 6) is 0.0271. The minimum atomic E-state index is -0.269. The van der Waals surface area contributed by atoms with Crippen LogP contribution < -0.4 is 10.5 Å². The number of hydrogen-bond acceptors (Lipinski definition) is 7. The van der Waals surface area contributed by atoms with Gasteiger partial charge in [0.05, 0.1) is 33.0 Å². The summed E-state index contributed by atoms with van der Waals surface area (Å²) in [4.78, 5) is 24.4. The van der Waals surface area contributed by atoms with Crippen molar-refractivity contribution in [2.24, 2.45) is 0 Å². The summed E-state index contributed by atoms with van der Waals surface area (Å²) in [6.07, 6.45) is 3.86. The van der Waals surface area contributed by atoms with Crippen LogP contribution in [-0.4, -0.2) is 39.2 Å². The molecular formula is C19H23N5O3. The molecule has 0 unspecified atom stereocenters. The number of esters is 1. The van der Waals surface area contributed by atoms with Crippen LogP contribution >= 0.6 is 0 Å². The van der Waals surface area contributed by atoms with Crippen LogP contribution in [0.4, 0.5) is 5.82 Å². The molecule has 0 aliphatic carbocycles. The molecule has 0 saturated carbocycles. The van der Waals surface area contributed by atoms with Gasteiger partial charge in [-0.2, -0.15) is 9.97 Å². The van der Waals surface area contributed by atoms with Crippen molar-refractivity contribution in [2.75, 3.05) is 19.5 Å². The Hall–Kier alpha value is -3.16. The van der Waals surface area contributed by atoms with Gasteiger partial charge in [-0.15, -0.1) is 0 Å². The van der Waals surface area contributed by atoms with Crippen molar-refractivity contribution in [1.29, 1.82) is 0 Å². The number of nitrogen functional groups attached to an aromatic ring is 1. The average Bonchev–Trinajstić information content (AvgIpc) is 3.05. The second kappa shape index (κ2) is 8.48. The Kier molecular flexibility index (Phi) is 5.85. The quantitative estimate of drug-likeness (QED) is 0.480. The standard InChI is InChI=1S/C19H23N5O3/c1-3-4-8-27-19-22-17(20)16-18(23-19)24(12-21-16)11-14-7-5-6-13(9-14)10-15(25)26-2/h5-7,9,12H,3-4,8,10-11H2,1-2H3,(H2,20,22,23). The lowest BCUT2D eigenvalue weighted by atomic mass is 10.1. The first-order chi connectivity index (χ1) is 13.1. The lowest BCUT2D eigenvalue weighted by molar-refractivity contribution is -0.139. The van der Waals surface area contributed by atoms with Crippen LogP contribution in [0.3, 0.4) is 0 Å². The molecule has 0 atom stereocenters. The minimum Gasteiger partial charge on any atom is -0.469 e. The van der Waals surface area contributed by atoms with E-state index >= 15 is 0 Å². The predicted octanol–water partition coefficient (Wildman–Crippen LogP) is 2.35. The summed E-state index contributed by atoms with van der Waals surface area (Å²) in [6, 6.07) is 8.01. The lowest BCUT2D eigenvalue weighted by Gasteiger charge is -2.08. The first-order valence-electron chi connectivity index (χ1n) is 8.86. The summed E-state index contributed by atoms with van der Waals surface area (Å²) in [5, 5.41) is 0. The van der Waals surface area contributed by atoms with Crippen LogP contribution in [0.1, 0.15) is 30.9 Å². The van der Waals surface area contributed by atoms with Crippen molar-refractivity contribution in [2.45, 2.75) is 32.7 Å². The molecule has 2 N–H and O–H groups in total. The zero-order valence-electron chi connectivity index (χ0n) is 15.5. The van der Waals surface area contributed by atoms with Crippen LogP contribution in [0.25, 0.3) is 11.2 Å². The van der Waals surface area contributed by atoms with Crippen LogP contribution in [-0.2, 0) is 22.5 Å². The molecule has 8 heteroatoms. The van der Waals surface area contributed by atoms with E-state index < -0.39 is 0 Å². The van der Waals surface area contributed by atoms with Gasteiger partial charge in [0.2, 0.25) is 0 Å². The van der Waals surface area contributed by atoms with Crippen molar-refractivity contribution in [1.82, 2.24) is 19.5 Å². The number of unbranched alkanes of at least 4 members (excludes halogenated alkanes) is 1. The average molecular weight is 369 g/mol. The third-order valence-corrected chi connectivity index (χ3v) is 4.12. The van der Waals surface area contributed by atoms with Crippen LogP contribution in [0.5, 0.6) is 6.01 Å². The number of benzene rings is 1. The monoisotopic (exact) mass is 369 g/mol. The highest BCUT2D eigenvalue weighted by Gasteiger charge is 2.13. The first-order valence-corrected chi connectivity index (χ1v) is 8.86. The van der Waals surface area contributed by atoms with Gasteiger partial charge in [0.15, 0.2) is 17.0 Å². The molecule has 0 saturated heterocycles. The Balaban J connectivity index is 1.84. The van der Waals surface area contributed by atoms with Crippen molar-refractivity contribution in [3.8, 4) is 6.01 Å². The molecule has 2 heterocycles. The van der Waals surface area contributed by atoms with E-state index in [1.165, 1.54) is 7.11 Å². The van der Waals surface area contributed by atoms with E-state index in [2.05, 4.69) is 21.9 Å². The van der Waals surface area contributed by atoms with Gasteiger partial charge in [-0.1, -0.05) is 37.6 Å². The second-order valence-corrected chi connectivity index (χ2v) is 6.21. The highest BCUT2D eigenvalue weighted by atomic mass is 16.5. The highest BCUT2D eigenvalue weighted by Crippen LogP contribution is 2.20. The van der Waals surface area contributed by atoms with Crippen molar-refractivity contribution in [3.63, 3.8) is 0 Å². The maximum absolute atomic E-state index is 11.5. The van der Waals surface area contributed by atoms with E-state index in [4.69, 9.17) is 15.2 Å². The van der Waals surface area contributed by atoms with Gasteiger partial charge >= 0.3 is 12.0 Å². The number of carbonyl (C=O) groups is 1. The first kappa shape index (κ1) is 18.6. The third-order valence-electron chi connectivity index (χ3n) is 4.12. The molecule has 142 valence electrons. The van der Waals surface area contributed by atoms with Gasteiger partial charge in [-0.25, -0.2) is 4.98 Å². The van der Waals surface area contributed by atoms with E-state index in [-0.39, 0.29) is 18.4 Å². The Morgan fingerprint density at radius 2 is 2.07 bits per heavy atom. The molecule has 0 aliphatic heterocycles. The molecule has 0 amide bonds. The lowest BCUT2D eigenvalue weighted by Crippen LogP contribution is -2.07. The molecule has 8 nitrogen and oxygen atoms in total. The van der Waals surface area contributed by atoms with Gasteiger partial charge in [0.1, 0.15) is 0 Å². The molecule has 3 aromatic rings. The Morgan fingerprint density at radius 1 is 1.26 bits per heavy atom. The number of anilines is 1. The number of carbonyl (C=O) groups excluding carboxylic acids is 1. The molecule has 0 aliphatic rings. The molecule has 0 spiro atoms. The highest BCUT2D eigenvalue weighted by molar-refractivity contribution is 5.82. The fourth-order valence-corrected chi connectivity index (χ4v) is 2.71. The molecule has 0 bridgehead atoms. The predicted molar refractivity (Wildman–Crippen MR) is 101 cm³/mol. The summed E-state index contributed by atoms with van der Waals surface area (Å²) < 4.78 is 12.2. The van der Waals surface area contributed by atoms with Gasteiger partial charge in [0, 0.05) is 0 Å². The topological polar surface area (TPSA) is 105 Å². The van der Waals surface area contributed by atoms with E-state index in [0.717, 1.165) is 24.0 Å². The van der Waals surface area contributed by atoms with Gasteiger partial charge in [-0.05, 0) is 17.5 Å². The molecule has 2 aromatic heterocycles. The Morgan fingerprint density at radius 3 is 2.85 bits per heavy atom. The number of rotatable bonds is 8. The number of hydrogen-bond donors (Lipinski definition) is 1. The number of nitrogens with two attached hydrogens (primary N) is 1. The zero-order chi connectivity index (χ0) is 19.2. The smallest absolute Gasteiger partial charge is 0.320 e. The second-order valence-electron chi connectivity index (χ2n) is 6.21. The van der Waals surface area contributed by atoms with Crippen LogP contribution in [0.2, 0.25) is 0 Å². The fourth-order valence-electron chi connectivity index (χ4n) is 2.71. The normalized spacial score (nSPS) is 10.9. The summed E-state index contributed by atoms with van der Waals surface area (Å²) in [6.45, 7) is 3.17. The fraction of sp³-hybridized carbons (Fsp3) is 0.368. The number of aromatic nitrogens is 4. The van der Waals surface area contributed by atoms with Gasteiger partial charge < -0.3 is 19.8 Å². The van der Waals surface area contributed by atoms with Crippen LogP contribution in [0.15, 0.2) is 30.6 Å². The van der Waals surface area contributed by atoms with Gasteiger partial charge in [0.25, 0.3) is 0 Å². The molecule has 0 radical (unpaired) electrons. The van der Waals surface area contributed by atoms with Gasteiger partial charge in [-0.3, -0.25) is 4.79 Å². The van der Waals surface area contributed by atoms with Crippen molar-refractivity contribution >= 4 is 23.0 Å². The Labute approximate surface area is 157 Å². The van der Waals surface area contributed by atoms with Crippen molar-refractivity contribution in [3.05, 3.63) is 41.7 Å². The zero-order valence-corrected chi connectivity index (χ0v) is 15.5. The molecule has 3 rings (SSSR count). The van der Waals surface area contributed by atoms with Crippen molar-refractivity contribution < 1.29 is 14.3 Å². The van der Waals surface area contributed by atoms with E-state index in [1.807, 2.05) is 28.8 Å².